The second-order valence-corrected chi connectivity index (χ2v) is 7.27. The van der Waals surface area contributed by atoms with Crippen molar-refractivity contribution in [2.75, 3.05) is 0 Å². The molecule has 0 radical (unpaired) electrons. The average molecular weight is 407 g/mol. The van der Waals surface area contributed by atoms with E-state index < -0.39 is 0 Å². The monoisotopic (exact) mass is 407 g/mol. The van der Waals surface area contributed by atoms with Gasteiger partial charge in [0.1, 0.15) is 5.82 Å². The fourth-order valence-electron chi connectivity index (χ4n) is 3.75. The highest BCUT2D eigenvalue weighted by Gasteiger charge is 2.10. The van der Waals surface area contributed by atoms with E-state index in [-0.39, 0.29) is 5.91 Å². The fourth-order valence-corrected chi connectivity index (χ4v) is 3.75. The molecule has 5 aromatic rings. The number of hydrogen-bond acceptors (Lipinski definition) is 3. The summed E-state index contributed by atoms with van der Waals surface area (Å²) in [4.78, 5) is 20.5. The van der Waals surface area contributed by atoms with Crippen LogP contribution in [0.4, 0.5) is 0 Å². The molecule has 152 valence electrons. The van der Waals surface area contributed by atoms with Crippen LogP contribution in [-0.2, 0) is 6.54 Å². The van der Waals surface area contributed by atoms with Gasteiger partial charge in [0, 0.05) is 40.3 Å². The largest absolute Gasteiger partial charge is 0.347 e. The van der Waals surface area contributed by atoms with Gasteiger partial charge in [-0.2, -0.15) is 5.10 Å². The Morgan fingerprint density at radius 2 is 1.90 bits per heavy atom. The summed E-state index contributed by atoms with van der Waals surface area (Å²) in [6, 6.07) is 23.4. The maximum atomic E-state index is 12.6. The summed E-state index contributed by atoms with van der Waals surface area (Å²) < 4.78 is 2.16. The molecule has 31 heavy (non-hydrogen) atoms. The van der Waals surface area contributed by atoms with Crippen molar-refractivity contribution in [3.63, 3.8) is 0 Å². The van der Waals surface area contributed by atoms with E-state index in [0.29, 0.717) is 5.56 Å². The van der Waals surface area contributed by atoms with Crippen molar-refractivity contribution in [1.82, 2.24) is 20.0 Å². The molecule has 0 atom stereocenters. The molecule has 1 amide bonds. The van der Waals surface area contributed by atoms with Crippen LogP contribution in [0.25, 0.3) is 33.3 Å². The van der Waals surface area contributed by atoms with Gasteiger partial charge in [-0.3, -0.25) is 4.79 Å². The number of aryl methyl sites for hydroxylation is 1. The van der Waals surface area contributed by atoms with E-state index in [4.69, 9.17) is 0 Å². The number of carbonyl (C=O) groups is 1. The number of nitrogens with one attached hydrogen (secondary N) is 2. The number of hydrogen-bond donors (Lipinski definition) is 2. The fraction of sp³-hybridized carbons (Fsp3) is 0.0800. The number of rotatable bonds is 5. The number of nitrogens with zero attached hydrogens (tertiary/aromatic N) is 3. The van der Waals surface area contributed by atoms with Crippen LogP contribution in [-0.4, -0.2) is 26.7 Å². The van der Waals surface area contributed by atoms with Crippen LogP contribution in [0.15, 0.2) is 84.1 Å². The summed E-state index contributed by atoms with van der Waals surface area (Å²) in [7, 11) is 0. The Kier molecular flexibility index (Phi) is 4.80. The molecule has 0 saturated carbocycles. The minimum absolute atomic E-state index is 0.270. The smallest absolute Gasteiger partial charge is 0.271 e. The molecule has 6 nitrogen and oxygen atoms in total. The van der Waals surface area contributed by atoms with Gasteiger partial charge in [0.05, 0.1) is 17.2 Å². The maximum absolute atomic E-state index is 12.6. The number of amides is 1. The third-order valence-electron chi connectivity index (χ3n) is 5.32. The van der Waals surface area contributed by atoms with Gasteiger partial charge >= 0.3 is 0 Å². The topological polar surface area (TPSA) is 75.1 Å². The number of carbonyl (C=O) groups excluding carboxylic acids is 1. The molecule has 0 aliphatic carbocycles. The number of para-hydroxylation sites is 1. The van der Waals surface area contributed by atoms with E-state index in [1.165, 1.54) is 0 Å². The van der Waals surface area contributed by atoms with Gasteiger partial charge in [0.2, 0.25) is 0 Å². The van der Waals surface area contributed by atoms with Crippen molar-refractivity contribution in [2.24, 2.45) is 5.10 Å². The Morgan fingerprint density at radius 3 is 2.74 bits per heavy atom. The molecule has 2 N–H and O–H groups in total. The zero-order valence-corrected chi connectivity index (χ0v) is 17.0. The Morgan fingerprint density at radius 1 is 1.10 bits per heavy atom. The predicted octanol–water partition coefficient (Wildman–Crippen LogP) is 4.97. The number of H-pyrrole nitrogens is 1. The standard InChI is InChI=1S/C25H21N5O/c1-2-30-16-19(20-10-6-7-11-23(20)30)15-26-29-25(31)18-12-13-21-22(14-18)28-24(27-21)17-8-4-3-5-9-17/h3-16H,2H2,1H3,(H,27,28)(H,29,31)/b26-15+. The van der Waals surface area contributed by atoms with Gasteiger partial charge in [0.15, 0.2) is 0 Å². The molecular weight excluding hydrogens is 386 g/mol. The average Bonchev–Trinajstić information content (AvgIpc) is 3.40. The van der Waals surface area contributed by atoms with Crippen LogP contribution in [0.3, 0.4) is 0 Å². The van der Waals surface area contributed by atoms with Gasteiger partial charge < -0.3 is 9.55 Å². The summed E-state index contributed by atoms with van der Waals surface area (Å²) in [6.07, 6.45) is 3.73. The Hall–Kier alpha value is -4.19. The van der Waals surface area contributed by atoms with Crippen molar-refractivity contribution in [3.8, 4) is 11.4 Å². The van der Waals surface area contributed by atoms with Crippen LogP contribution in [0.5, 0.6) is 0 Å². The van der Waals surface area contributed by atoms with Crippen LogP contribution >= 0.6 is 0 Å². The Balaban J connectivity index is 1.36. The highest BCUT2D eigenvalue weighted by Crippen LogP contribution is 2.22. The number of aromatic nitrogens is 3. The lowest BCUT2D eigenvalue weighted by Gasteiger charge is -1.99. The summed E-state index contributed by atoms with van der Waals surface area (Å²) in [5, 5.41) is 5.29. The number of aromatic amines is 1. The third-order valence-corrected chi connectivity index (χ3v) is 5.32. The van der Waals surface area contributed by atoms with Gasteiger partial charge in [-0.15, -0.1) is 0 Å². The van der Waals surface area contributed by atoms with E-state index in [2.05, 4.69) is 44.1 Å². The summed E-state index contributed by atoms with van der Waals surface area (Å²) in [5.74, 6) is 0.506. The minimum Gasteiger partial charge on any atom is -0.347 e. The quantitative estimate of drug-likeness (QED) is 0.319. The Labute approximate surface area is 179 Å². The molecule has 3 aromatic carbocycles. The number of fused-ring (bicyclic) bond motifs is 2. The zero-order chi connectivity index (χ0) is 21.2. The van der Waals surface area contributed by atoms with Crippen molar-refractivity contribution in [1.29, 1.82) is 0 Å². The van der Waals surface area contributed by atoms with Crippen molar-refractivity contribution in [2.45, 2.75) is 13.5 Å². The van der Waals surface area contributed by atoms with Gasteiger partial charge in [-0.25, -0.2) is 10.4 Å². The molecule has 2 aromatic heterocycles. The summed E-state index contributed by atoms with van der Waals surface area (Å²) in [6.45, 7) is 2.97. The SMILES string of the molecule is CCn1cc(/C=N/NC(=O)c2ccc3nc(-c4ccccc4)[nH]c3c2)c2ccccc21. The first-order chi connectivity index (χ1) is 15.2. The van der Waals surface area contributed by atoms with Crippen LogP contribution < -0.4 is 5.43 Å². The van der Waals surface area contributed by atoms with Crippen molar-refractivity contribution < 1.29 is 4.79 Å². The van der Waals surface area contributed by atoms with E-state index in [1.54, 1.807) is 18.3 Å². The summed E-state index contributed by atoms with van der Waals surface area (Å²) >= 11 is 0. The molecule has 0 aliphatic heterocycles. The van der Waals surface area contributed by atoms with Gasteiger partial charge in [0.25, 0.3) is 5.91 Å². The molecule has 2 heterocycles. The molecule has 0 saturated heterocycles. The van der Waals surface area contributed by atoms with E-state index in [0.717, 1.165) is 45.4 Å². The molecular formula is C25H21N5O. The van der Waals surface area contributed by atoms with E-state index in [9.17, 15) is 4.79 Å². The number of imidazole rings is 1. The maximum Gasteiger partial charge on any atom is 0.271 e. The number of hydrazone groups is 1. The van der Waals surface area contributed by atoms with Crippen LogP contribution in [0.2, 0.25) is 0 Å². The highest BCUT2D eigenvalue weighted by molar-refractivity contribution is 6.01. The minimum atomic E-state index is -0.270. The molecule has 0 spiro atoms. The first-order valence-corrected chi connectivity index (χ1v) is 10.2. The zero-order valence-electron chi connectivity index (χ0n) is 17.0. The van der Waals surface area contributed by atoms with Gasteiger partial charge in [-0.05, 0) is 31.2 Å². The molecule has 5 rings (SSSR count). The van der Waals surface area contributed by atoms with E-state index >= 15 is 0 Å². The highest BCUT2D eigenvalue weighted by atomic mass is 16.2. The lowest BCUT2D eigenvalue weighted by Crippen LogP contribution is -2.17. The second kappa shape index (κ2) is 7.91. The molecule has 0 fully saturated rings. The van der Waals surface area contributed by atoms with Crippen LogP contribution in [0, 0.1) is 0 Å². The molecule has 0 aliphatic rings. The Bertz CT molecular complexity index is 1410. The summed E-state index contributed by atoms with van der Waals surface area (Å²) in [5.41, 5.74) is 7.88. The second-order valence-electron chi connectivity index (χ2n) is 7.27. The van der Waals surface area contributed by atoms with Crippen molar-refractivity contribution >= 4 is 34.1 Å². The van der Waals surface area contributed by atoms with E-state index in [1.807, 2.05) is 54.7 Å². The predicted molar refractivity (Wildman–Crippen MR) is 124 cm³/mol. The lowest BCUT2D eigenvalue weighted by molar-refractivity contribution is 0.0955. The molecule has 0 unspecified atom stereocenters. The van der Waals surface area contributed by atoms with Crippen molar-refractivity contribution in [3.05, 3.63) is 90.1 Å². The molecule has 0 bridgehead atoms. The van der Waals surface area contributed by atoms with Crippen LogP contribution in [0.1, 0.15) is 22.8 Å². The normalized spacial score (nSPS) is 11.5. The lowest BCUT2D eigenvalue weighted by atomic mass is 10.2. The first-order valence-electron chi connectivity index (χ1n) is 10.2. The van der Waals surface area contributed by atoms with Gasteiger partial charge in [-0.1, -0.05) is 48.5 Å². The molecule has 6 heteroatoms. The number of benzene rings is 3. The first kappa shape index (κ1) is 18.8. The third kappa shape index (κ3) is 3.59.